The van der Waals surface area contributed by atoms with E-state index in [-0.39, 0.29) is 10.1 Å². The third kappa shape index (κ3) is 3.25. The van der Waals surface area contributed by atoms with Crippen molar-refractivity contribution < 1.29 is 13.6 Å². The van der Waals surface area contributed by atoms with Crippen LogP contribution in [0.3, 0.4) is 0 Å². The zero-order valence-electron chi connectivity index (χ0n) is 10.4. The second-order valence-corrected chi connectivity index (χ2v) is 6.27. The Bertz CT molecular complexity index is 498. The average molecular weight is 286 g/mol. The summed E-state index contributed by atoms with van der Waals surface area (Å²) in [7, 11) is 0. The van der Waals surface area contributed by atoms with Crippen molar-refractivity contribution >= 4 is 17.7 Å². The molecule has 1 aliphatic carbocycles. The summed E-state index contributed by atoms with van der Waals surface area (Å²) in [5.41, 5.74) is 10.2. The number of carbonyl (C=O) groups excluding carboxylic acids is 1. The van der Waals surface area contributed by atoms with Crippen LogP contribution in [0.15, 0.2) is 23.1 Å². The lowest BCUT2D eigenvalue weighted by molar-refractivity contribution is -0.124. The molecule has 1 aromatic rings. The number of amides is 1. The van der Waals surface area contributed by atoms with Crippen LogP contribution in [0.2, 0.25) is 0 Å². The number of primary amides is 1. The van der Waals surface area contributed by atoms with E-state index in [1.54, 1.807) is 0 Å². The third-order valence-corrected chi connectivity index (χ3v) is 4.72. The van der Waals surface area contributed by atoms with Crippen LogP contribution in [0.25, 0.3) is 0 Å². The van der Waals surface area contributed by atoms with Crippen LogP contribution >= 0.6 is 11.8 Å². The molecule has 3 nitrogen and oxygen atoms in total. The first kappa shape index (κ1) is 14.3. The number of hydrogen-bond donors (Lipinski definition) is 2. The minimum absolute atomic E-state index is 0.0254. The molecule has 1 fully saturated rings. The van der Waals surface area contributed by atoms with Crippen LogP contribution in [0.5, 0.6) is 0 Å². The molecule has 0 spiro atoms. The van der Waals surface area contributed by atoms with Crippen molar-refractivity contribution in [3.05, 3.63) is 29.8 Å². The van der Waals surface area contributed by atoms with Crippen molar-refractivity contribution in [1.82, 2.24) is 0 Å². The Balaban J connectivity index is 2.11. The Kier molecular flexibility index (Phi) is 4.10. The number of thioether (sulfide) groups is 1. The monoisotopic (exact) mass is 286 g/mol. The maximum absolute atomic E-state index is 13.6. The minimum Gasteiger partial charge on any atom is -0.368 e. The van der Waals surface area contributed by atoms with Crippen molar-refractivity contribution in [2.45, 2.75) is 41.4 Å². The largest absolute Gasteiger partial charge is 0.368 e. The van der Waals surface area contributed by atoms with Gasteiger partial charge >= 0.3 is 0 Å². The summed E-state index contributed by atoms with van der Waals surface area (Å²) in [6.45, 7) is 0. The minimum atomic E-state index is -1.03. The van der Waals surface area contributed by atoms with E-state index in [9.17, 15) is 13.6 Å². The first-order valence-corrected chi connectivity index (χ1v) is 6.99. The van der Waals surface area contributed by atoms with E-state index in [0.29, 0.717) is 12.8 Å². The zero-order valence-corrected chi connectivity index (χ0v) is 11.2. The molecule has 0 aliphatic heterocycles. The van der Waals surface area contributed by atoms with Gasteiger partial charge in [0, 0.05) is 10.1 Å². The summed E-state index contributed by atoms with van der Waals surface area (Å²) in [4.78, 5) is 11.6. The fourth-order valence-corrected chi connectivity index (χ4v) is 3.71. The highest BCUT2D eigenvalue weighted by atomic mass is 32.2. The molecule has 0 radical (unpaired) electrons. The summed E-state index contributed by atoms with van der Waals surface area (Å²) in [5, 5.41) is -0.0254. The van der Waals surface area contributed by atoms with Crippen molar-refractivity contribution in [1.29, 1.82) is 0 Å². The third-order valence-electron chi connectivity index (χ3n) is 3.42. The molecule has 1 saturated carbocycles. The molecule has 19 heavy (non-hydrogen) atoms. The Morgan fingerprint density at radius 1 is 1.42 bits per heavy atom. The Morgan fingerprint density at radius 3 is 2.84 bits per heavy atom. The van der Waals surface area contributed by atoms with Gasteiger partial charge in [0.15, 0.2) is 0 Å². The number of carbonyl (C=O) groups is 1. The lowest BCUT2D eigenvalue weighted by Crippen LogP contribution is -2.55. The molecule has 2 rings (SSSR count). The van der Waals surface area contributed by atoms with Crippen LogP contribution in [0.1, 0.15) is 25.7 Å². The Morgan fingerprint density at radius 2 is 2.16 bits per heavy atom. The van der Waals surface area contributed by atoms with E-state index in [0.717, 1.165) is 31.0 Å². The first-order chi connectivity index (χ1) is 8.90. The Hall–Kier alpha value is -1.14. The molecular weight excluding hydrogens is 270 g/mol. The van der Waals surface area contributed by atoms with Crippen molar-refractivity contribution in [3.8, 4) is 0 Å². The highest BCUT2D eigenvalue weighted by Gasteiger charge is 2.38. The molecule has 0 aromatic heterocycles. The van der Waals surface area contributed by atoms with Gasteiger partial charge in [0.05, 0.1) is 5.54 Å². The van der Waals surface area contributed by atoms with Gasteiger partial charge in [-0.3, -0.25) is 4.79 Å². The van der Waals surface area contributed by atoms with Crippen molar-refractivity contribution in [2.24, 2.45) is 11.5 Å². The predicted octanol–water partition coefficient (Wildman–Crippen LogP) is 2.18. The SMILES string of the molecule is NC(=O)C1(N)CCCC(Sc2cc(F)ccc2F)C1. The number of benzene rings is 1. The molecule has 1 amide bonds. The van der Waals surface area contributed by atoms with Crippen molar-refractivity contribution in [3.63, 3.8) is 0 Å². The van der Waals surface area contributed by atoms with E-state index in [1.165, 1.54) is 11.8 Å². The molecule has 1 aliphatic rings. The summed E-state index contributed by atoms with van der Waals surface area (Å²) < 4.78 is 26.7. The number of halogens is 2. The molecule has 1 aromatic carbocycles. The highest BCUT2D eigenvalue weighted by Crippen LogP contribution is 2.38. The molecule has 104 valence electrons. The van der Waals surface area contributed by atoms with E-state index in [1.807, 2.05) is 0 Å². The molecule has 0 saturated heterocycles. The molecule has 6 heteroatoms. The van der Waals surface area contributed by atoms with Crippen LogP contribution in [0, 0.1) is 11.6 Å². The lowest BCUT2D eigenvalue weighted by Gasteiger charge is -2.35. The van der Waals surface area contributed by atoms with Crippen LogP contribution in [-0.2, 0) is 4.79 Å². The van der Waals surface area contributed by atoms with E-state index < -0.39 is 23.1 Å². The van der Waals surface area contributed by atoms with Crippen molar-refractivity contribution in [2.75, 3.05) is 0 Å². The van der Waals surface area contributed by atoms with Gasteiger partial charge in [-0.25, -0.2) is 8.78 Å². The lowest BCUT2D eigenvalue weighted by atomic mass is 9.82. The normalized spacial score (nSPS) is 27.2. The van der Waals surface area contributed by atoms with Gasteiger partial charge in [-0.2, -0.15) is 0 Å². The summed E-state index contributed by atoms with van der Waals surface area (Å²) >= 11 is 1.22. The summed E-state index contributed by atoms with van der Waals surface area (Å²) in [6, 6.07) is 3.35. The molecule has 0 heterocycles. The molecule has 0 bridgehead atoms. The zero-order chi connectivity index (χ0) is 14.0. The predicted molar refractivity (Wildman–Crippen MR) is 70.6 cm³/mol. The Labute approximate surface area is 114 Å². The standard InChI is InChI=1S/C13H16F2N2OS/c14-8-3-4-10(15)11(6-8)19-9-2-1-5-13(17,7-9)12(16)18/h3-4,6,9H,1-2,5,7,17H2,(H2,16,18). The van der Waals surface area contributed by atoms with Gasteiger partial charge in [-0.05, 0) is 43.9 Å². The maximum atomic E-state index is 13.6. The number of nitrogens with two attached hydrogens (primary N) is 2. The fourth-order valence-electron chi connectivity index (χ4n) is 2.33. The molecule has 2 unspecified atom stereocenters. The van der Waals surface area contributed by atoms with Crippen LogP contribution < -0.4 is 11.5 Å². The van der Waals surface area contributed by atoms with Gasteiger partial charge in [0.1, 0.15) is 11.6 Å². The molecule has 4 N–H and O–H groups in total. The smallest absolute Gasteiger partial charge is 0.237 e. The van der Waals surface area contributed by atoms with Gasteiger partial charge in [-0.1, -0.05) is 0 Å². The topological polar surface area (TPSA) is 69.1 Å². The average Bonchev–Trinajstić information content (AvgIpc) is 2.34. The van der Waals surface area contributed by atoms with Gasteiger partial charge in [0.25, 0.3) is 0 Å². The van der Waals surface area contributed by atoms with E-state index >= 15 is 0 Å². The van der Waals surface area contributed by atoms with Gasteiger partial charge in [0.2, 0.25) is 5.91 Å². The quantitative estimate of drug-likeness (QED) is 0.895. The van der Waals surface area contributed by atoms with Crippen LogP contribution in [0.4, 0.5) is 8.78 Å². The second-order valence-electron chi connectivity index (χ2n) is 4.93. The summed E-state index contributed by atoms with van der Waals surface area (Å²) in [5.74, 6) is -1.47. The van der Waals surface area contributed by atoms with Crippen LogP contribution in [-0.4, -0.2) is 16.7 Å². The van der Waals surface area contributed by atoms with E-state index in [2.05, 4.69) is 0 Å². The number of rotatable bonds is 3. The highest BCUT2D eigenvalue weighted by molar-refractivity contribution is 8.00. The number of hydrogen-bond acceptors (Lipinski definition) is 3. The summed E-state index contributed by atoms with van der Waals surface area (Å²) in [6.07, 6.45) is 2.51. The first-order valence-electron chi connectivity index (χ1n) is 6.11. The second kappa shape index (κ2) is 5.46. The molecular formula is C13H16F2N2OS. The van der Waals surface area contributed by atoms with Gasteiger partial charge in [-0.15, -0.1) is 11.8 Å². The van der Waals surface area contributed by atoms with E-state index in [4.69, 9.17) is 11.5 Å². The molecule has 2 atom stereocenters. The fraction of sp³-hybridized carbons (Fsp3) is 0.462. The maximum Gasteiger partial charge on any atom is 0.237 e. The van der Waals surface area contributed by atoms with Gasteiger partial charge < -0.3 is 11.5 Å².